The lowest BCUT2D eigenvalue weighted by molar-refractivity contribution is 0.0521. The van der Waals surface area contributed by atoms with Gasteiger partial charge in [-0.25, -0.2) is 9.97 Å². The number of hydrogen-bond acceptors (Lipinski definition) is 6. The highest BCUT2D eigenvalue weighted by molar-refractivity contribution is 6.00. The lowest BCUT2D eigenvalue weighted by atomic mass is 9.92. The molecule has 0 saturated heterocycles. The first kappa shape index (κ1) is 20.5. The second kappa shape index (κ2) is 7.31. The van der Waals surface area contributed by atoms with Crippen molar-refractivity contribution in [3.63, 3.8) is 0 Å². The van der Waals surface area contributed by atoms with Crippen molar-refractivity contribution in [2.24, 2.45) is 0 Å². The third-order valence-corrected chi connectivity index (χ3v) is 6.66. The number of carbonyl (C=O) groups excluding carboxylic acids is 1. The topological polar surface area (TPSA) is 116 Å². The molecule has 3 aromatic rings. The van der Waals surface area contributed by atoms with Gasteiger partial charge in [0, 0.05) is 41.6 Å². The van der Waals surface area contributed by atoms with E-state index in [4.69, 9.17) is 5.26 Å². The summed E-state index contributed by atoms with van der Waals surface area (Å²) in [7, 11) is 0. The molecule has 2 bridgehead atoms. The largest absolute Gasteiger partial charge is 0.390 e. The monoisotopic (exact) mass is 430 g/mol. The van der Waals surface area contributed by atoms with Crippen LogP contribution in [0.5, 0.6) is 0 Å². The van der Waals surface area contributed by atoms with Gasteiger partial charge in [0.2, 0.25) is 0 Å². The number of aliphatic hydroxyl groups is 1. The summed E-state index contributed by atoms with van der Waals surface area (Å²) in [5.74, 6) is 0.457. The molecular weight excluding hydrogens is 404 g/mol. The van der Waals surface area contributed by atoms with Gasteiger partial charge in [-0.2, -0.15) is 5.26 Å². The maximum absolute atomic E-state index is 13.2. The van der Waals surface area contributed by atoms with Crippen LogP contribution in [0.15, 0.2) is 36.8 Å². The minimum absolute atomic E-state index is 0.121. The highest BCUT2D eigenvalue weighted by atomic mass is 16.3. The van der Waals surface area contributed by atoms with Crippen molar-refractivity contribution in [1.29, 1.82) is 5.26 Å². The Morgan fingerprint density at radius 1 is 1.22 bits per heavy atom. The summed E-state index contributed by atoms with van der Waals surface area (Å²) in [5.41, 5.74) is 1.43. The van der Waals surface area contributed by atoms with Crippen molar-refractivity contribution >= 4 is 22.6 Å². The third kappa shape index (κ3) is 3.49. The zero-order chi connectivity index (χ0) is 22.5. The zero-order valence-electron chi connectivity index (χ0n) is 18.2. The zero-order valence-corrected chi connectivity index (χ0v) is 18.2. The number of rotatable bonds is 5. The highest BCUT2D eigenvalue weighted by Gasteiger charge is 2.54. The van der Waals surface area contributed by atoms with Crippen molar-refractivity contribution in [2.75, 3.05) is 5.32 Å². The predicted molar refractivity (Wildman–Crippen MR) is 121 cm³/mol. The number of nitriles is 1. The van der Waals surface area contributed by atoms with E-state index in [2.05, 4.69) is 26.7 Å². The molecule has 3 heterocycles. The van der Waals surface area contributed by atoms with E-state index < -0.39 is 5.60 Å². The molecule has 8 nitrogen and oxygen atoms in total. The molecule has 3 aromatic heterocycles. The van der Waals surface area contributed by atoms with E-state index in [1.807, 2.05) is 36.7 Å². The summed E-state index contributed by atoms with van der Waals surface area (Å²) in [6.07, 6.45) is 8.70. The number of carbonyl (C=O) groups is 1. The predicted octanol–water partition coefficient (Wildman–Crippen LogP) is 3.29. The number of fused-ring (bicyclic) bond motifs is 3. The molecule has 5 rings (SSSR count). The molecular formula is C24H26N6O2. The molecule has 2 fully saturated rings. The van der Waals surface area contributed by atoms with Crippen molar-refractivity contribution in [2.45, 2.75) is 63.1 Å². The number of hydrogen-bond donors (Lipinski definition) is 3. The van der Waals surface area contributed by atoms with E-state index in [9.17, 15) is 9.90 Å². The van der Waals surface area contributed by atoms with E-state index >= 15 is 0 Å². The van der Waals surface area contributed by atoms with Crippen LogP contribution in [0.1, 0.15) is 61.9 Å². The molecule has 0 unspecified atom stereocenters. The summed E-state index contributed by atoms with van der Waals surface area (Å²) in [6.45, 7) is 4.04. The Kier molecular flexibility index (Phi) is 4.68. The van der Waals surface area contributed by atoms with Crippen LogP contribution in [0.2, 0.25) is 0 Å². The Balaban J connectivity index is 1.49. The Hall–Kier alpha value is -3.44. The van der Waals surface area contributed by atoms with Gasteiger partial charge in [-0.1, -0.05) is 0 Å². The smallest absolute Gasteiger partial charge is 0.255 e. The van der Waals surface area contributed by atoms with Gasteiger partial charge in [0.15, 0.2) is 0 Å². The second-order valence-electron chi connectivity index (χ2n) is 9.46. The van der Waals surface area contributed by atoms with Crippen LogP contribution in [0, 0.1) is 11.3 Å². The lowest BCUT2D eigenvalue weighted by Crippen LogP contribution is -2.45. The average Bonchev–Trinajstić information content (AvgIpc) is 3.42. The summed E-state index contributed by atoms with van der Waals surface area (Å²) in [4.78, 5) is 22.2. The fourth-order valence-electron chi connectivity index (χ4n) is 5.11. The van der Waals surface area contributed by atoms with Gasteiger partial charge >= 0.3 is 0 Å². The summed E-state index contributed by atoms with van der Waals surface area (Å²) >= 11 is 0. The Bertz CT molecular complexity index is 1250. The van der Waals surface area contributed by atoms with E-state index in [1.54, 1.807) is 12.3 Å². The van der Waals surface area contributed by atoms with Crippen LogP contribution < -0.4 is 10.6 Å². The fraction of sp³-hybridized carbons (Fsp3) is 0.417. The number of nitrogens with zero attached hydrogens (tertiary/aromatic N) is 4. The molecule has 0 aromatic carbocycles. The minimum Gasteiger partial charge on any atom is -0.390 e. The average molecular weight is 431 g/mol. The van der Waals surface area contributed by atoms with Crippen LogP contribution in [0.25, 0.3) is 16.9 Å². The van der Waals surface area contributed by atoms with E-state index in [-0.39, 0.29) is 17.5 Å². The Labute approximate surface area is 186 Å². The fourth-order valence-corrected chi connectivity index (χ4v) is 5.11. The minimum atomic E-state index is -0.623. The van der Waals surface area contributed by atoms with Crippen molar-refractivity contribution in [1.82, 2.24) is 19.9 Å². The molecule has 2 saturated carbocycles. The van der Waals surface area contributed by atoms with Gasteiger partial charge in [0.25, 0.3) is 5.91 Å². The number of amides is 1. The van der Waals surface area contributed by atoms with Crippen molar-refractivity contribution in [3.05, 3.63) is 47.9 Å². The van der Waals surface area contributed by atoms with E-state index in [0.29, 0.717) is 34.7 Å². The first-order valence-corrected chi connectivity index (χ1v) is 11.0. The standard InChI is InChI=1S/C24H26N6O2/c1-15(2)28-19-10-20(30-8-3-17-9-16(11-25)12-27-21(17)30)26-13-18(19)22(31)29-23-4-6-24(32,14-23)7-5-23/h3,8-10,12-13,15,32H,4-7,14H2,1-2H3,(H,26,28)(H,29,31). The quantitative estimate of drug-likeness (QED) is 0.572. The van der Waals surface area contributed by atoms with Crippen LogP contribution in [-0.2, 0) is 0 Å². The number of anilines is 1. The molecule has 2 aliphatic rings. The normalized spacial score (nSPS) is 24.1. The highest BCUT2D eigenvalue weighted by Crippen LogP contribution is 2.50. The number of aromatic nitrogens is 3. The van der Waals surface area contributed by atoms with E-state index in [0.717, 1.165) is 31.1 Å². The maximum Gasteiger partial charge on any atom is 0.255 e. The van der Waals surface area contributed by atoms with Gasteiger partial charge in [-0.15, -0.1) is 0 Å². The van der Waals surface area contributed by atoms with E-state index in [1.165, 1.54) is 6.20 Å². The SMILES string of the molecule is CC(C)Nc1cc(-n2ccc3cc(C#N)cnc32)ncc1C(=O)NC12CCC(O)(CC1)C2. The molecule has 0 spiro atoms. The van der Waals surface area contributed by atoms with Gasteiger partial charge in [0.05, 0.1) is 22.4 Å². The van der Waals surface area contributed by atoms with Gasteiger partial charge in [0.1, 0.15) is 17.5 Å². The first-order valence-electron chi connectivity index (χ1n) is 11.0. The Morgan fingerprint density at radius 2 is 2.00 bits per heavy atom. The molecule has 1 amide bonds. The third-order valence-electron chi connectivity index (χ3n) is 6.66. The summed E-state index contributed by atoms with van der Waals surface area (Å²) in [6, 6.07) is 7.76. The lowest BCUT2D eigenvalue weighted by Gasteiger charge is -2.28. The molecule has 0 radical (unpaired) electrons. The van der Waals surface area contributed by atoms with Crippen LogP contribution in [-0.4, -0.2) is 42.7 Å². The molecule has 8 heteroatoms. The number of pyridine rings is 2. The number of nitrogens with one attached hydrogen (secondary N) is 2. The Morgan fingerprint density at radius 3 is 2.66 bits per heavy atom. The molecule has 0 atom stereocenters. The van der Waals surface area contributed by atoms with Crippen LogP contribution >= 0.6 is 0 Å². The van der Waals surface area contributed by atoms with Gasteiger partial charge in [-0.3, -0.25) is 9.36 Å². The summed E-state index contributed by atoms with van der Waals surface area (Å²) in [5, 5.41) is 27.1. The maximum atomic E-state index is 13.2. The van der Waals surface area contributed by atoms with Crippen molar-refractivity contribution < 1.29 is 9.90 Å². The van der Waals surface area contributed by atoms with Crippen molar-refractivity contribution in [3.8, 4) is 11.9 Å². The molecule has 2 aliphatic carbocycles. The van der Waals surface area contributed by atoms with Crippen LogP contribution in [0.3, 0.4) is 0 Å². The summed E-state index contributed by atoms with van der Waals surface area (Å²) < 4.78 is 1.84. The molecule has 32 heavy (non-hydrogen) atoms. The first-order chi connectivity index (χ1) is 15.3. The van der Waals surface area contributed by atoms with Crippen LogP contribution in [0.4, 0.5) is 5.69 Å². The molecule has 164 valence electrons. The second-order valence-corrected chi connectivity index (χ2v) is 9.46. The molecule has 0 aliphatic heterocycles. The molecule has 3 N–H and O–H groups in total. The van der Waals surface area contributed by atoms with Gasteiger partial charge in [-0.05, 0) is 58.1 Å². The van der Waals surface area contributed by atoms with Gasteiger partial charge < -0.3 is 15.7 Å².